The van der Waals surface area contributed by atoms with E-state index in [2.05, 4.69) is 31.2 Å². The summed E-state index contributed by atoms with van der Waals surface area (Å²) in [6.45, 7) is 2.17. The van der Waals surface area contributed by atoms with Gasteiger partial charge in [-0.3, -0.25) is 0 Å². The molecule has 0 heterocycles. The van der Waals surface area contributed by atoms with E-state index in [1.165, 1.54) is 10.8 Å². The molecule has 1 rings (SSSR count). The van der Waals surface area contributed by atoms with Crippen LogP contribution in [-0.4, -0.2) is 16.9 Å². The van der Waals surface area contributed by atoms with Gasteiger partial charge in [0.2, 0.25) is 0 Å². The predicted octanol–water partition coefficient (Wildman–Crippen LogP) is 0.604. The fourth-order valence-electron chi connectivity index (χ4n) is 1.04. The van der Waals surface area contributed by atoms with Crippen LogP contribution in [0.4, 0.5) is 0 Å². The highest BCUT2D eigenvalue weighted by Crippen LogP contribution is 1.96. The van der Waals surface area contributed by atoms with Gasteiger partial charge < -0.3 is 4.43 Å². The minimum Gasteiger partial charge on any atom is -0.422 e. The van der Waals surface area contributed by atoms with Gasteiger partial charge in [0.25, 0.3) is 0 Å². The van der Waals surface area contributed by atoms with Crippen LogP contribution in [-0.2, 0) is 10.8 Å². The van der Waals surface area contributed by atoms with Gasteiger partial charge in [0.1, 0.15) is 0 Å². The molecule has 0 saturated carbocycles. The highest BCUT2D eigenvalue weighted by Gasteiger charge is 1.91. The van der Waals surface area contributed by atoms with Crippen LogP contribution < -0.4 is 5.19 Å². The molecule has 1 aromatic rings. The van der Waals surface area contributed by atoms with Crippen LogP contribution in [0.2, 0.25) is 0 Å². The Hall–Kier alpha value is -0.603. The summed E-state index contributed by atoms with van der Waals surface area (Å²) in [5, 5.41) is 1.38. The minimum atomic E-state index is -0.425. The predicted molar refractivity (Wildman–Crippen MR) is 51.0 cm³/mol. The Balaban J connectivity index is 2.66. The van der Waals surface area contributed by atoms with Crippen molar-refractivity contribution in [3.8, 4) is 0 Å². The van der Waals surface area contributed by atoms with Crippen LogP contribution in [0.25, 0.3) is 0 Å². The van der Waals surface area contributed by atoms with Crippen molar-refractivity contribution in [1.29, 1.82) is 0 Å². The molecule has 0 aromatic heterocycles. The molecule has 1 nitrogen and oxygen atoms in total. The number of rotatable bonds is 3. The van der Waals surface area contributed by atoms with Gasteiger partial charge in [0.15, 0.2) is 9.76 Å². The monoisotopic (exact) mass is 166 g/mol. The van der Waals surface area contributed by atoms with Gasteiger partial charge in [-0.1, -0.05) is 31.2 Å². The van der Waals surface area contributed by atoms with Crippen LogP contribution >= 0.6 is 0 Å². The first kappa shape index (κ1) is 8.49. The van der Waals surface area contributed by atoms with Crippen LogP contribution in [0.3, 0.4) is 0 Å². The van der Waals surface area contributed by atoms with E-state index in [1.54, 1.807) is 7.11 Å². The lowest BCUT2D eigenvalue weighted by atomic mass is 10.2. The van der Waals surface area contributed by atoms with E-state index in [-0.39, 0.29) is 0 Å². The van der Waals surface area contributed by atoms with Crippen molar-refractivity contribution in [2.75, 3.05) is 7.11 Å². The Morgan fingerprint density at radius 3 is 2.36 bits per heavy atom. The Kier molecular flexibility index (Phi) is 3.33. The van der Waals surface area contributed by atoms with Gasteiger partial charge in [0, 0.05) is 7.11 Å². The number of hydrogen-bond acceptors (Lipinski definition) is 1. The Morgan fingerprint density at radius 1 is 1.27 bits per heavy atom. The first-order valence-electron chi connectivity index (χ1n) is 3.93. The molecule has 2 heteroatoms. The largest absolute Gasteiger partial charge is 0.422 e. The summed E-state index contributed by atoms with van der Waals surface area (Å²) in [5.41, 5.74) is 1.40. The molecule has 1 aromatic carbocycles. The fourth-order valence-corrected chi connectivity index (χ4v) is 1.80. The molecule has 11 heavy (non-hydrogen) atoms. The topological polar surface area (TPSA) is 9.23 Å². The summed E-state index contributed by atoms with van der Waals surface area (Å²) in [4.78, 5) is 0. The highest BCUT2D eigenvalue weighted by molar-refractivity contribution is 6.46. The minimum absolute atomic E-state index is 0.425. The summed E-state index contributed by atoms with van der Waals surface area (Å²) in [6, 6.07) is 8.71. The van der Waals surface area contributed by atoms with Crippen LogP contribution in [0.1, 0.15) is 12.5 Å². The average Bonchev–Trinajstić information content (AvgIpc) is 2.07. The molecule has 0 atom stereocenters. The number of hydrogen-bond donors (Lipinski definition) is 0. The fraction of sp³-hybridized carbons (Fsp3) is 0.333. The van der Waals surface area contributed by atoms with Crippen molar-refractivity contribution in [1.82, 2.24) is 0 Å². The highest BCUT2D eigenvalue weighted by atomic mass is 28.2. The standard InChI is InChI=1S/C9H14OSi/c1-3-8-4-6-9(7-5-8)11-10-2/h4-7H,3,11H2,1-2H3. The zero-order valence-corrected chi connectivity index (χ0v) is 8.55. The first-order chi connectivity index (χ1) is 5.36. The molecule has 0 saturated heterocycles. The molecule has 0 unspecified atom stereocenters. The molecule has 0 fully saturated rings. The van der Waals surface area contributed by atoms with Crippen LogP contribution in [0.15, 0.2) is 24.3 Å². The molecule has 60 valence electrons. The summed E-state index contributed by atoms with van der Waals surface area (Å²) < 4.78 is 5.14. The van der Waals surface area contributed by atoms with Crippen LogP contribution in [0, 0.1) is 0 Å². The molecule has 0 amide bonds. The van der Waals surface area contributed by atoms with E-state index in [0.29, 0.717) is 0 Å². The SMILES string of the molecule is CCc1ccc([SiH2]OC)cc1. The summed E-state index contributed by atoms with van der Waals surface area (Å²) in [7, 11) is 1.35. The normalized spacial score (nSPS) is 11.1. The van der Waals surface area contributed by atoms with Crippen molar-refractivity contribution < 1.29 is 4.43 Å². The van der Waals surface area contributed by atoms with E-state index in [4.69, 9.17) is 4.43 Å². The van der Waals surface area contributed by atoms with Gasteiger partial charge in [-0.05, 0) is 17.2 Å². The molecule has 0 spiro atoms. The van der Waals surface area contributed by atoms with E-state index in [0.717, 1.165) is 6.42 Å². The Labute approximate surface area is 70.3 Å². The second kappa shape index (κ2) is 4.31. The molecular formula is C9H14OSi. The number of benzene rings is 1. The third-order valence-corrected chi connectivity index (χ3v) is 2.84. The van der Waals surface area contributed by atoms with Gasteiger partial charge in [-0.25, -0.2) is 0 Å². The maximum absolute atomic E-state index is 5.14. The third kappa shape index (κ3) is 2.48. The van der Waals surface area contributed by atoms with Crippen molar-refractivity contribution in [3.05, 3.63) is 29.8 Å². The second-order valence-corrected chi connectivity index (χ2v) is 4.29. The Morgan fingerprint density at radius 2 is 1.91 bits per heavy atom. The second-order valence-electron chi connectivity index (χ2n) is 2.60. The molecule has 0 bridgehead atoms. The van der Waals surface area contributed by atoms with Crippen molar-refractivity contribution in [2.45, 2.75) is 13.3 Å². The summed E-state index contributed by atoms with van der Waals surface area (Å²) >= 11 is 0. The van der Waals surface area contributed by atoms with Crippen LogP contribution in [0.5, 0.6) is 0 Å². The summed E-state index contributed by atoms with van der Waals surface area (Å²) in [6.07, 6.45) is 1.12. The zero-order chi connectivity index (χ0) is 8.10. The van der Waals surface area contributed by atoms with E-state index in [9.17, 15) is 0 Å². The van der Waals surface area contributed by atoms with Crippen molar-refractivity contribution in [2.24, 2.45) is 0 Å². The third-order valence-electron chi connectivity index (χ3n) is 1.74. The maximum atomic E-state index is 5.14. The molecule has 0 aliphatic rings. The molecule has 0 aliphatic carbocycles. The maximum Gasteiger partial charge on any atom is 0.191 e. The average molecular weight is 166 g/mol. The lowest BCUT2D eigenvalue weighted by molar-refractivity contribution is 0.450. The molecular weight excluding hydrogens is 152 g/mol. The van der Waals surface area contributed by atoms with Crippen molar-refractivity contribution in [3.63, 3.8) is 0 Å². The van der Waals surface area contributed by atoms with Gasteiger partial charge in [0.05, 0.1) is 0 Å². The lowest BCUT2D eigenvalue weighted by Crippen LogP contribution is -2.15. The molecule has 0 aliphatic heterocycles. The van der Waals surface area contributed by atoms with Gasteiger partial charge in [-0.2, -0.15) is 0 Å². The lowest BCUT2D eigenvalue weighted by Gasteiger charge is -1.99. The summed E-state index contributed by atoms with van der Waals surface area (Å²) in [5.74, 6) is 0. The first-order valence-corrected chi connectivity index (χ1v) is 5.22. The van der Waals surface area contributed by atoms with E-state index >= 15 is 0 Å². The smallest absolute Gasteiger partial charge is 0.191 e. The quantitative estimate of drug-likeness (QED) is 0.598. The number of aryl methyl sites for hydroxylation is 1. The van der Waals surface area contributed by atoms with Gasteiger partial charge >= 0.3 is 0 Å². The van der Waals surface area contributed by atoms with E-state index in [1.807, 2.05) is 0 Å². The van der Waals surface area contributed by atoms with Gasteiger partial charge in [-0.15, -0.1) is 0 Å². The van der Waals surface area contributed by atoms with Crippen molar-refractivity contribution >= 4 is 14.9 Å². The zero-order valence-electron chi connectivity index (χ0n) is 7.13. The molecule has 0 N–H and O–H groups in total. The molecule has 0 radical (unpaired) electrons. The Bertz CT molecular complexity index is 205. The van der Waals surface area contributed by atoms with E-state index < -0.39 is 9.76 Å².